The molecule has 1 fully saturated rings. The number of hydrogen-bond donors (Lipinski definition) is 1. The summed E-state index contributed by atoms with van der Waals surface area (Å²) >= 11 is 8.32. The fraction of sp³-hybridized carbons (Fsp3) is 0.281. The summed E-state index contributed by atoms with van der Waals surface area (Å²) < 4.78 is 17.0. The number of rotatable bonds is 3. The third kappa shape index (κ3) is 5.35. The molecular weight excluding hydrogens is 603 g/mol. The number of thioether (sulfide) groups is 1. The summed E-state index contributed by atoms with van der Waals surface area (Å²) in [7, 11) is 0. The third-order valence-electron chi connectivity index (χ3n) is 7.85. The first-order valence-corrected chi connectivity index (χ1v) is 15.7. The van der Waals surface area contributed by atoms with Gasteiger partial charge in [0.1, 0.15) is 11.6 Å². The lowest BCUT2D eigenvalue weighted by molar-refractivity contribution is -0.126. The van der Waals surface area contributed by atoms with Crippen molar-refractivity contribution in [3.63, 3.8) is 0 Å². The molecule has 4 aromatic rings. The summed E-state index contributed by atoms with van der Waals surface area (Å²) in [5, 5.41) is 3.47. The van der Waals surface area contributed by atoms with E-state index >= 15 is 4.39 Å². The van der Waals surface area contributed by atoms with Crippen LogP contribution in [0.1, 0.15) is 31.7 Å². The van der Waals surface area contributed by atoms with Crippen molar-refractivity contribution in [2.45, 2.75) is 31.1 Å². The normalized spacial score (nSPS) is 15.2. The van der Waals surface area contributed by atoms with Crippen molar-refractivity contribution in [3.8, 4) is 16.9 Å². The Morgan fingerprint density at radius 3 is 2.59 bits per heavy atom. The van der Waals surface area contributed by atoms with Gasteiger partial charge >= 0.3 is 5.69 Å². The van der Waals surface area contributed by atoms with Crippen LogP contribution in [0.15, 0.2) is 64.8 Å². The van der Waals surface area contributed by atoms with Crippen LogP contribution < -0.4 is 15.9 Å². The summed E-state index contributed by atoms with van der Waals surface area (Å²) in [4.78, 5) is 53.3. The van der Waals surface area contributed by atoms with E-state index in [0.717, 1.165) is 10.5 Å². The van der Waals surface area contributed by atoms with E-state index in [-0.39, 0.29) is 51.8 Å². The predicted octanol–water partition coefficient (Wildman–Crippen LogP) is 5.63. The number of anilines is 2. The maximum absolute atomic E-state index is 15.6. The molecule has 9 nitrogen and oxygen atoms in total. The zero-order chi connectivity index (χ0) is 31.1. The van der Waals surface area contributed by atoms with Crippen molar-refractivity contribution in [2.24, 2.45) is 0 Å². The van der Waals surface area contributed by atoms with Crippen molar-refractivity contribution in [2.75, 3.05) is 42.1 Å². The fourth-order valence-corrected chi connectivity index (χ4v) is 6.96. The Morgan fingerprint density at radius 1 is 1.11 bits per heavy atom. The van der Waals surface area contributed by atoms with E-state index in [2.05, 4.69) is 16.9 Å². The van der Waals surface area contributed by atoms with Crippen molar-refractivity contribution in [1.82, 2.24) is 19.4 Å². The van der Waals surface area contributed by atoms with Gasteiger partial charge in [-0.3, -0.25) is 9.59 Å². The highest BCUT2D eigenvalue weighted by Crippen LogP contribution is 2.40. The average Bonchev–Trinajstić information content (AvgIpc) is 3.01. The van der Waals surface area contributed by atoms with Crippen LogP contribution in [0.3, 0.4) is 0 Å². The molecule has 1 saturated heterocycles. The van der Waals surface area contributed by atoms with Crippen LogP contribution in [0.2, 0.25) is 5.02 Å². The third-order valence-corrected chi connectivity index (χ3v) is 9.19. The maximum atomic E-state index is 15.6. The van der Waals surface area contributed by atoms with Crippen molar-refractivity contribution >= 4 is 57.7 Å². The molecule has 2 aromatic heterocycles. The predicted molar refractivity (Wildman–Crippen MR) is 173 cm³/mol. The molecule has 226 valence electrons. The number of benzene rings is 2. The molecular formula is C32H30ClFN6O3S. The molecule has 0 spiro atoms. The van der Waals surface area contributed by atoms with Gasteiger partial charge in [0.05, 0.1) is 33.0 Å². The number of carbonyl (C=O) groups excluding carboxylic acids is 2. The lowest BCUT2D eigenvalue weighted by atomic mass is 10.0. The van der Waals surface area contributed by atoms with Gasteiger partial charge in [0, 0.05) is 43.2 Å². The standard InChI is InChI=1S/C32H30ClFN6O3S/c1-4-26(42)38-12-14-39(15-13-38)30-20-17-21(33)28-27-22(34)8-6-9-23(27)35-25(41)11-16-44-24-10-5-7-19(18(2)3)29(24)40(31(20)36-28)32(43)37-30/h4-10,17-18H,1,11-16H2,2-3H3,(H,35,41). The summed E-state index contributed by atoms with van der Waals surface area (Å²) in [5.41, 5.74) is 1.59. The second-order valence-corrected chi connectivity index (χ2v) is 12.5. The van der Waals surface area contributed by atoms with Gasteiger partial charge in [-0.15, -0.1) is 11.8 Å². The topological polar surface area (TPSA) is 100 Å². The van der Waals surface area contributed by atoms with Crippen LogP contribution in [0.4, 0.5) is 15.9 Å². The van der Waals surface area contributed by atoms with E-state index in [4.69, 9.17) is 16.6 Å². The Labute approximate surface area is 262 Å². The highest BCUT2D eigenvalue weighted by atomic mass is 35.5. The van der Waals surface area contributed by atoms with Crippen LogP contribution in [0.25, 0.3) is 28.0 Å². The number of nitrogens with zero attached hydrogens (tertiary/aromatic N) is 5. The number of halogens is 2. The molecule has 6 rings (SSSR count). The first-order chi connectivity index (χ1) is 21.2. The molecule has 0 aliphatic carbocycles. The van der Waals surface area contributed by atoms with Gasteiger partial charge in [-0.25, -0.2) is 18.7 Å². The van der Waals surface area contributed by atoms with Gasteiger partial charge in [0.2, 0.25) is 11.8 Å². The van der Waals surface area contributed by atoms with E-state index < -0.39 is 11.5 Å². The monoisotopic (exact) mass is 632 g/mol. The van der Waals surface area contributed by atoms with Gasteiger partial charge in [0.15, 0.2) is 5.65 Å². The Morgan fingerprint density at radius 2 is 1.86 bits per heavy atom. The molecule has 0 atom stereocenters. The number of piperazine rings is 1. The Kier molecular flexibility index (Phi) is 8.17. The van der Waals surface area contributed by atoms with Crippen molar-refractivity contribution in [3.05, 3.63) is 82.0 Å². The lowest BCUT2D eigenvalue weighted by Crippen LogP contribution is -2.49. The first-order valence-electron chi connectivity index (χ1n) is 14.3. The smallest absolute Gasteiger partial charge is 0.352 e. The molecule has 0 radical (unpaired) electrons. The average molecular weight is 633 g/mol. The molecule has 2 bridgehead atoms. The molecule has 2 aromatic carbocycles. The number of para-hydroxylation sites is 1. The molecule has 2 amide bonds. The Balaban J connectivity index is 1.68. The van der Waals surface area contributed by atoms with E-state index in [9.17, 15) is 14.4 Å². The van der Waals surface area contributed by atoms with Crippen molar-refractivity contribution in [1.29, 1.82) is 0 Å². The molecule has 1 N–H and O–H groups in total. The quantitative estimate of drug-likeness (QED) is 0.292. The number of fused-ring (bicyclic) bond motifs is 5. The summed E-state index contributed by atoms with van der Waals surface area (Å²) in [6.07, 6.45) is 1.44. The van der Waals surface area contributed by atoms with Crippen molar-refractivity contribution < 1.29 is 14.0 Å². The summed E-state index contributed by atoms with van der Waals surface area (Å²) in [6.45, 7) is 9.35. The number of amides is 2. The molecule has 44 heavy (non-hydrogen) atoms. The number of pyridine rings is 1. The van der Waals surface area contributed by atoms with E-state index in [1.807, 2.05) is 36.9 Å². The molecule has 0 unspecified atom stereocenters. The highest BCUT2D eigenvalue weighted by Gasteiger charge is 2.28. The van der Waals surface area contributed by atoms with Crippen LogP contribution in [0, 0.1) is 5.82 Å². The minimum absolute atomic E-state index is 0.0333. The first kappa shape index (κ1) is 29.8. The molecule has 2 aliphatic rings. The number of hydrogen-bond acceptors (Lipinski definition) is 7. The molecule has 4 heterocycles. The van der Waals surface area contributed by atoms with E-state index in [1.165, 1.54) is 34.5 Å². The largest absolute Gasteiger partial charge is 0.355 e. The molecule has 2 aliphatic heterocycles. The lowest BCUT2D eigenvalue weighted by Gasteiger charge is -2.35. The minimum Gasteiger partial charge on any atom is -0.352 e. The Hall–Kier alpha value is -4.22. The second-order valence-electron chi connectivity index (χ2n) is 10.9. The minimum atomic E-state index is -0.616. The number of aromatic nitrogens is 3. The number of carbonyl (C=O) groups is 2. The van der Waals surface area contributed by atoms with Crippen LogP contribution in [-0.2, 0) is 9.59 Å². The molecule has 0 saturated carbocycles. The Bertz CT molecular complexity index is 1890. The van der Waals surface area contributed by atoms with Crippen LogP contribution in [-0.4, -0.2) is 63.2 Å². The van der Waals surface area contributed by atoms with E-state index in [0.29, 0.717) is 48.8 Å². The fourth-order valence-electron chi connectivity index (χ4n) is 5.69. The van der Waals surface area contributed by atoms with Crippen LogP contribution in [0.5, 0.6) is 0 Å². The van der Waals surface area contributed by atoms with Gasteiger partial charge in [-0.2, -0.15) is 4.98 Å². The SMILES string of the molecule is C=CC(=O)N1CCN(c2nc(=O)n3c4nc(c(Cl)cc24)-c2c(F)cccc2NC(=O)CCSc2cccc(C(C)C)c2-3)CC1. The summed E-state index contributed by atoms with van der Waals surface area (Å²) in [6, 6.07) is 11.9. The summed E-state index contributed by atoms with van der Waals surface area (Å²) in [5.74, 6) is -0.214. The van der Waals surface area contributed by atoms with Gasteiger partial charge < -0.3 is 15.1 Å². The maximum Gasteiger partial charge on any atom is 0.355 e. The molecule has 12 heteroatoms. The number of nitrogens with one attached hydrogen (secondary N) is 1. The second kappa shape index (κ2) is 12.0. The van der Waals surface area contributed by atoms with Crippen LogP contribution >= 0.6 is 23.4 Å². The van der Waals surface area contributed by atoms with Gasteiger partial charge in [-0.05, 0) is 41.8 Å². The zero-order valence-corrected chi connectivity index (χ0v) is 25.8. The van der Waals surface area contributed by atoms with E-state index in [1.54, 1.807) is 17.0 Å². The van der Waals surface area contributed by atoms with Gasteiger partial charge in [0.25, 0.3) is 0 Å². The highest BCUT2D eigenvalue weighted by molar-refractivity contribution is 7.99. The van der Waals surface area contributed by atoms with Gasteiger partial charge in [-0.1, -0.05) is 50.2 Å². The zero-order valence-electron chi connectivity index (χ0n) is 24.3.